The van der Waals surface area contributed by atoms with E-state index < -0.39 is 0 Å². The Bertz CT molecular complexity index is 875. The lowest BCUT2D eigenvalue weighted by molar-refractivity contribution is 0.963. The molecule has 0 amide bonds. The normalized spacial score (nSPS) is 11.3. The first-order valence-electron chi connectivity index (χ1n) is 7.64. The maximum Gasteiger partial charge on any atom is 0.0763 e. The van der Waals surface area contributed by atoms with Gasteiger partial charge in [0.1, 0.15) is 0 Å². The van der Waals surface area contributed by atoms with Crippen LogP contribution in [0.5, 0.6) is 0 Å². The van der Waals surface area contributed by atoms with Crippen molar-refractivity contribution in [3.63, 3.8) is 0 Å². The third kappa shape index (κ3) is 3.25. The van der Waals surface area contributed by atoms with Crippen LogP contribution in [0.25, 0.3) is 5.69 Å². The smallest absolute Gasteiger partial charge is 0.0763 e. The number of rotatable bonds is 3. The van der Waals surface area contributed by atoms with Crippen LogP contribution in [-0.4, -0.2) is 10.8 Å². The zero-order valence-corrected chi connectivity index (χ0v) is 14.5. The summed E-state index contributed by atoms with van der Waals surface area (Å²) in [7, 11) is 0. The SMILES string of the molecule is Cc1cccc(-n2c(C)cc(C=Nc3ccccc3S)c2C)c1. The van der Waals surface area contributed by atoms with Gasteiger partial charge in [-0.05, 0) is 56.7 Å². The van der Waals surface area contributed by atoms with Gasteiger partial charge in [-0.1, -0.05) is 24.3 Å². The first-order chi connectivity index (χ1) is 11.1. The Labute approximate surface area is 142 Å². The van der Waals surface area contributed by atoms with Gasteiger partial charge in [-0.3, -0.25) is 4.99 Å². The highest BCUT2D eigenvalue weighted by molar-refractivity contribution is 7.80. The number of hydrogen-bond donors (Lipinski definition) is 1. The Hall–Kier alpha value is -2.26. The first kappa shape index (κ1) is 15.6. The Morgan fingerprint density at radius 1 is 0.957 bits per heavy atom. The van der Waals surface area contributed by atoms with Crippen LogP contribution in [0.15, 0.2) is 64.5 Å². The molecule has 116 valence electrons. The summed E-state index contributed by atoms with van der Waals surface area (Å²) < 4.78 is 2.26. The molecule has 1 aromatic heterocycles. The fraction of sp³-hybridized carbons (Fsp3) is 0.150. The standard InChI is InChI=1S/C20H20N2S/c1-14-7-6-8-18(11-14)22-15(2)12-17(16(22)3)13-21-19-9-4-5-10-20(19)23/h4-13,23H,1-3H3. The molecule has 0 radical (unpaired) electrons. The summed E-state index contributed by atoms with van der Waals surface area (Å²) >= 11 is 4.45. The predicted octanol–water partition coefficient (Wildman–Crippen LogP) is 5.44. The summed E-state index contributed by atoms with van der Waals surface area (Å²) in [6.07, 6.45) is 1.92. The van der Waals surface area contributed by atoms with E-state index in [0.717, 1.165) is 16.1 Å². The van der Waals surface area contributed by atoms with Crippen LogP contribution in [0.3, 0.4) is 0 Å². The molecule has 1 heterocycles. The van der Waals surface area contributed by atoms with Crippen LogP contribution < -0.4 is 0 Å². The van der Waals surface area contributed by atoms with Crippen molar-refractivity contribution >= 4 is 24.5 Å². The molecule has 2 aromatic carbocycles. The van der Waals surface area contributed by atoms with E-state index >= 15 is 0 Å². The molecule has 0 atom stereocenters. The number of hydrogen-bond acceptors (Lipinski definition) is 2. The van der Waals surface area contributed by atoms with Crippen molar-refractivity contribution < 1.29 is 0 Å². The molecule has 0 bridgehead atoms. The van der Waals surface area contributed by atoms with Crippen LogP contribution in [0.2, 0.25) is 0 Å². The third-order valence-corrected chi connectivity index (χ3v) is 4.33. The Balaban J connectivity index is 2.00. The molecule has 23 heavy (non-hydrogen) atoms. The van der Waals surface area contributed by atoms with Crippen LogP contribution >= 0.6 is 12.6 Å². The minimum absolute atomic E-state index is 0.885. The number of aliphatic imine (C=N–C) groups is 1. The molecular formula is C20H20N2S. The van der Waals surface area contributed by atoms with Gasteiger partial charge in [0.25, 0.3) is 0 Å². The number of aryl methyl sites for hydroxylation is 2. The molecule has 0 aliphatic rings. The van der Waals surface area contributed by atoms with E-state index in [-0.39, 0.29) is 0 Å². The average molecular weight is 320 g/mol. The van der Waals surface area contributed by atoms with E-state index in [1.165, 1.54) is 22.6 Å². The second-order valence-corrected chi connectivity index (χ2v) is 6.23. The van der Waals surface area contributed by atoms with E-state index in [4.69, 9.17) is 0 Å². The van der Waals surface area contributed by atoms with Gasteiger partial charge in [-0.15, -0.1) is 12.6 Å². The number of nitrogens with zero attached hydrogens (tertiary/aromatic N) is 2. The molecule has 0 aliphatic carbocycles. The third-order valence-electron chi connectivity index (χ3n) is 3.95. The van der Waals surface area contributed by atoms with E-state index in [0.29, 0.717) is 0 Å². The van der Waals surface area contributed by atoms with Gasteiger partial charge in [-0.2, -0.15) is 0 Å². The van der Waals surface area contributed by atoms with E-state index in [9.17, 15) is 0 Å². The fourth-order valence-electron chi connectivity index (χ4n) is 2.80. The minimum atomic E-state index is 0.885. The van der Waals surface area contributed by atoms with Crippen LogP contribution in [0, 0.1) is 20.8 Å². The molecule has 0 fully saturated rings. The Morgan fingerprint density at radius 3 is 2.48 bits per heavy atom. The first-order valence-corrected chi connectivity index (χ1v) is 8.09. The van der Waals surface area contributed by atoms with E-state index in [2.05, 4.69) is 73.3 Å². The molecule has 0 spiro atoms. The van der Waals surface area contributed by atoms with Gasteiger partial charge < -0.3 is 4.57 Å². The van der Waals surface area contributed by atoms with Gasteiger partial charge in [0.05, 0.1) is 5.69 Å². The maximum absolute atomic E-state index is 4.59. The van der Waals surface area contributed by atoms with E-state index in [1.54, 1.807) is 0 Å². The number of benzene rings is 2. The van der Waals surface area contributed by atoms with Crippen molar-refractivity contribution in [2.75, 3.05) is 0 Å². The highest BCUT2D eigenvalue weighted by Gasteiger charge is 2.09. The molecule has 0 saturated heterocycles. The molecule has 0 saturated carbocycles. The highest BCUT2D eigenvalue weighted by Crippen LogP contribution is 2.24. The van der Waals surface area contributed by atoms with Crippen molar-refractivity contribution in [1.82, 2.24) is 4.57 Å². The molecular weight excluding hydrogens is 300 g/mol. The zero-order valence-electron chi connectivity index (χ0n) is 13.6. The molecule has 3 rings (SSSR count). The summed E-state index contributed by atoms with van der Waals surface area (Å²) in [5.41, 5.74) is 6.85. The van der Waals surface area contributed by atoms with Gasteiger partial charge in [0.15, 0.2) is 0 Å². The highest BCUT2D eigenvalue weighted by atomic mass is 32.1. The van der Waals surface area contributed by atoms with Crippen LogP contribution in [0.1, 0.15) is 22.5 Å². The number of para-hydroxylation sites is 1. The fourth-order valence-corrected chi connectivity index (χ4v) is 3.01. The minimum Gasteiger partial charge on any atom is -0.318 e. The van der Waals surface area contributed by atoms with Crippen molar-refractivity contribution in [2.45, 2.75) is 25.7 Å². The summed E-state index contributed by atoms with van der Waals surface area (Å²) in [4.78, 5) is 5.47. The molecule has 0 unspecified atom stereocenters. The van der Waals surface area contributed by atoms with Crippen LogP contribution in [0.4, 0.5) is 5.69 Å². The summed E-state index contributed by atoms with van der Waals surface area (Å²) in [5.74, 6) is 0. The lowest BCUT2D eigenvalue weighted by Crippen LogP contribution is -1.99. The van der Waals surface area contributed by atoms with E-state index in [1.807, 2.05) is 30.5 Å². The second kappa shape index (κ2) is 6.47. The summed E-state index contributed by atoms with van der Waals surface area (Å²) in [5, 5.41) is 0. The quantitative estimate of drug-likeness (QED) is 0.489. The van der Waals surface area contributed by atoms with Crippen molar-refractivity contribution in [3.05, 3.63) is 77.1 Å². The molecule has 0 aliphatic heterocycles. The van der Waals surface area contributed by atoms with Gasteiger partial charge in [0, 0.05) is 33.7 Å². The lowest BCUT2D eigenvalue weighted by atomic mass is 10.2. The largest absolute Gasteiger partial charge is 0.318 e. The molecule has 0 N–H and O–H groups in total. The summed E-state index contributed by atoms with van der Waals surface area (Å²) in [6, 6.07) is 18.6. The zero-order chi connectivity index (χ0) is 16.4. The van der Waals surface area contributed by atoms with Gasteiger partial charge in [0.2, 0.25) is 0 Å². The maximum atomic E-state index is 4.59. The molecule has 3 aromatic rings. The molecule has 3 heteroatoms. The van der Waals surface area contributed by atoms with Gasteiger partial charge >= 0.3 is 0 Å². The number of aromatic nitrogens is 1. The second-order valence-electron chi connectivity index (χ2n) is 5.75. The average Bonchev–Trinajstić information content (AvgIpc) is 2.81. The van der Waals surface area contributed by atoms with Gasteiger partial charge in [-0.25, -0.2) is 0 Å². The summed E-state index contributed by atoms with van der Waals surface area (Å²) in [6.45, 7) is 6.37. The van der Waals surface area contributed by atoms with Crippen molar-refractivity contribution in [3.8, 4) is 5.69 Å². The van der Waals surface area contributed by atoms with Crippen molar-refractivity contribution in [2.24, 2.45) is 4.99 Å². The number of thiol groups is 1. The Kier molecular flexibility index (Phi) is 4.39. The van der Waals surface area contributed by atoms with Crippen LogP contribution in [-0.2, 0) is 0 Å². The predicted molar refractivity (Wildman–Crippen MR) is 101 cm³/mol. The van der Waals surface area contributed by atoms with Crippen molar-refractivity contribution in [1.29, 1.82) is 0 Å². The monoisotopic (exact) mass is 320 g/mol. The Morgan fingerprint density at radius 2 is 1.74 bits per heavy atom. The molecule has 2 nitrogen and oxygen atoms in total. The topological polar surface area (TPSA) is 17.3 Å². The lowest BCUT2D eigenvalue weighted by Gasteiger charge is -2.10.